The van der Waals surface area contributed by atoms with Crippen LogP contribution >= 0.6 is 24.4 Å². The summed E-state index contributed by atoms with van der Waals surface area (Å²) >= 11 is 10.1. The Morgan fingerprint density at radius 3 is 2.38 bits per heavy atom. The minimum atomic E-state index is -0.284. The minimum Gasteiger partial charge on any atom is -0.363 e. The lowest BCUT2D eigenvalue weighted by Gasteiger charge is -2.12. The molecule has 0 saturated carbocycles. The number of carbonyl (C=O) groups is 1. The highest BCUT2D eigenvalue weighted by Crippen LogP contribution is 2.10. The van der Waals surface area contributed by atoms with Crippen molar-refractivity contribution in [1.82, 2.24) is 21.5 Å². The van der Waals surface area contributed by atoms with Gasteiger partial charge in [0.15, 0.2) is 10.2 Å². The molecule has 114 valence electrons. The predicted molar refractivity (Wildman–Crippen MR) is 93.2 cm³/mol. The summed E-state index contributed by atoms with van der Waals surface area (Å²) in [6.07, 6.45) is 0. The van der Waals surface area contributed by atoms with Crippen LogP contribution in [-0.2, 0) is 0 Å². The Morgan fingerprint density at radius 2 is 1.71 bits per heavy atom. The van der Waals surface area contributed by atoms with Gasteiger partial charge in [-0.15, -0.1) is 0 Å². The van der Waals surface area contributed by atoms with Crippen LogP contribution in [0.3, 0.4) is 0 Å². The molecule has 21 heavy (non-hydrogen) atoms. The Hall–Kier alpha value is -1.93. The highest BCUT2D eigenvalue weighted by atomic mass is 32.1. The van der Waals surface area contributed by atoms with E-state index in [1.807, 2.05) is 19.9 Å². The molecule has 0 atom stereocenters. The van der Waals surface area contributed by atoms with Gasteiger partial charge in [-0.1, -0.05) is 6.07 Å². The summed E-state index contributed by atoms with van der Waals surface area (Å²) in [5.41, 5.74) is 6.38. The van der Waals surface area contributed by atoms with Gasteiger partial charge in [-0.25, -0.2) is 0 Å². The molecule has 1 rings (SSSR count). The summed E-state index contributed by atoms with van der Waals surface area (Å²) in [4.78, 5) is 12.0. The third-order valence-corrected chi connectivity index (χ3v) is 2.84. The van der Waals surface area contributed by atoms with E-state index < -0.39 is 0 Å². The summed E-state index contributed by atoms with van der Waals surface area (Å²) in [6.45, 7) is 5.29. The van der Waals surface area contributed by atoms with Gasteiger partial charge in [0.2, 0.25) is 0 Å². The van der Waals surface area contributed by atoms with E-state index in [1.165, 1.54) is 0 Å². The predicted octanol–water partition coefficient (Wildman–Crippen LogP) is 1.12. The van der Waals surface area contributed by atoms with Crippen LogP contribution < -0.4 is 26.8 Å². The molecule has 6 nitrogen and oxygen atoms in total. The third-order valence-electron chi connectivity index (χ3n) is 2.35. The van der Waals surface area contributed by atoms with E-state index in [9.17, 15) is 4.79 Å². The fourth-order valence-corrected chi connectivity index (χ4v) is 1.92. The van der Waals surface area contributed by atoms with E-state index in [0.29, 0.717) is 22.3 Å². The topological polar surface area (TPSA) is 77.2 Å². The Labute approximate surface area is 135 Å². The van der Waals surface area contributed by atoms with Crippen LogP contribution in [0.1, 0.15) is 24.2 Å². The van der Waals surface area contributed by atoms with Gasteiger partial charge in [0.05, 0.1) is 0 Å². The number of rotatable bonds is 4. The molecule has 1 aromatic carbocycles. The van der Waals surface area contributed by atoms with Crippen molar-refractivity contribution in [3.05, 3.63) is 29.8 Å². The van der Waals surface area contributed by atoms with Crippen LogP contribution in [0.5, 0.6) is 0 Å². The van der Waals surface area contributed by atoms with Crippen molar-refractivity contribution in [3.63, 3.8) is 0 Å². The first-order valence-corrected chi connectivity index (χ1v) is 7.37. The first-order chi connectivity index (χ1) is 10.1. The molecule has 0 aromatic heterocycles. The molecule has 0 fully saturated rings. The summed E-state index contributed by atoms with van der Waals surface area (Å²) in [5.74, 6) is -0.284. The number of benzene rings is 1. The van der Waals surface area contributed by atoms with E-state index in [0.717, 1.165) is 12.2 Å². The number of hydrazine groups is 1. The first-order valence-electron chi connectivity index (χ1n) is 6.56. The second-order valence-electron chi connectivity index (χ2n) is 4.00. The fraction of sp³-hybridized carbons (Fsp3) is 0.308. The molecule has 0 bridgehead atoms. The van der Waals surface area contributed by atoms with E-state index in [2.05, 4.69) is 26.8 Å². The van der Waals surface area contributed by atoms with Gasteiger partial charge in [0.25, 0.3) is 5.91 Å². The molecule has 0 unspecified atom stereocenters. The second kappa shape index (κ2) is 9.09. The van der Waals surface area contributed by atoms with E-state index in [4.69, 9.17) is 24.4 Å². The fourth-order valence-electron chi connectivity index (χ4n) is 1.46. The van der Waals surface area contributed by atoms with Crippen LogP contribution in [0.15, 0.2) is 24.3 Å². The molecule has 0 spiro atoms. The molecule has 0 aliphatic heterocycles. The zero-order valence-corrected chi connectivity index (χ0v) is 13.6. The van der Waals surface area contributed by atoms with E-state index >= 15 is 0 Å². The van der Waals surface area contributed by atoms with Gasteiger partial charge in [0.1, 0.15) is 0 Å². The lowest BCUT2D eigenvalue weighted by atomic mass is 10.2. The van der Waals surface area contributed by atoms with Gasteiger partial charge in [0, 0.05) is 24.3 Å². The standard InChI is InChI=1S/C13H19N5OS2/c1-3-14-12(20)16-10-7-5-6-9(8-10)11(19)17-18-13(21)15-4-2/h5-8H,3-4H2,1-2H3,(H,17,19)(H2,14,16,20)(H2,15,18,21). The lowest BCUT2D eigenvalue weighted by Crippen LogP contribution is -2.46. The van der Waals surface area contributed by atoms with Crippen molar-refractivity contribution in [2.24, 2.45) is 0 Å². The van der Waals surface area contributed by atoms with E-state index in [1.54, 1.807) is 18.2 Å². The molecular formula is C13H19N5OS2. The number of thiocarbonyl (C=S) groups is 2. The molecule has 0 aliphatic carbocycles. The average molecular weight is 325 g/mol. The van der Waals surface area contributed by atoms with Crippen LogP contribution in [0.4, 0.5) is 5.69 Å². The second-order valence-corrected chi connectivity index (χ2v) is 4.82. The molecule has 0 heterocycles. The quantitative estimate of drug-likeness (QED) is 0.419. The molecule has 0 aliphatic rings. The van der Waals surface area contributed by atoms with Crippen LogP contribution in [0.25, 0.3) is 0 Å². The highest BCUT2D eigenvalue weighted by Gasteiger charge is 2.06. The number of hydrogen-bond acceptors (Lipinski definition) is 3. The number of amides is 1. The number of carbonyl (C=O) groups excluding carboxylic acids is 1. The maximum atomic E-state index is 12.0. The highest BCUT2D eigenvalue weighted by molar-refractivity contribution is 7.80. The van der Waals surface area contributed by atoms with Crippen LogP contribution in [-0.4, -0.2) is 29.2 Å². The summed E-state index contributed by atoms with van der Waals surface area (Å²) in [6, 6.07) is 7.01. The van der Waals surface area contributed by atoms with Crippen molar-refractivity contribution < 1.29 is 4.79 Å². The Morgan fingerprint density at radius 1 is 1.05 bits per heavy atom. The zero-order valence-electron chi connectivity index (χ0n) is 11.9. The number of nitrogens with one attached hydrogen (secondary N) is 5. The minimum absolute atomic E-state index is 0.284. The van der Waals surface area contributed by atoms with Crippen LogP contribution in [0, 0.1) is 0 Å². The van der Waals surface area contributed by atoms with Gasteiger partial charge in [-0.2, -0.15) is 0 Å². The normalized spacial score (nSPS) is 9.43. The van der Waals surface area contributed by atoms with Gasteiger partial charge in [-0.05, 0) is 56.5 Å². The number of anilines is 1. The van der Waals surface area contributed by atoms with Crippen molar-refractivity contribution >= 4 is 46.3 Å². The lowest BCUT2D eigenvalue weighted by molar-refractivity contribution is 0.0943. The maximum absolute atomic E-state index is 12.0. The van der Waals surface area contributed by atoms with Crippen molar-refractivity contribution in [1.29, 1.82) is 0 Å². The Balaban J connectivity index is 2.60. The third kappa shape index (κ3) is 6.37. The molecule has 8 heteroatoms. The zero-order chi connectivity index (χ0) is 15.7. The van der Waals surface area contributed by atoms with Gasteiger partial charge in [-0.3, -0.25) is 15.6 Å². The molecule has 0 saturated heterocycles. The summed E-state index contributed by atoms with van der Waals surface area (Å²) in [5, 5.41) is 9.74. The Bertz CT molecular complexity index is 521. The SMILES string of the molecule is CCNC(=S)NNC(=O)c1cccc(NC(=S)NCC)c1. The summed E-state index contributed by atoms with van der Waals surface area (Å²) in [7, 11) is 0. The first kappa shape index (κ1) is 17.1. The monoisotopic (exact) mass is 325 g/mol. The van der Waals surface area contributed by atoms with Gasteiger partial charge >= 0.3 is 0 Å². The van der Waals surface area contributed by atoms with Crippen molar-refractivity contribution in [2.45, 2.75) is 13.8 Å². The van der Waals surface area contributed by atoms with Crippen LogP contribution in [0.2, 0.25) is 0 Å². The average Bonchev–Trinajstić information content (AvgIpc) is 2.45. The number of hydrogen-bond donors (Lipinski definition) is 5. The maximum Gasteiger partial charge on any atom is 0.269 e. The molecule has 0 radical (unpaired) electrons. The van der Waals surface area contributed by atoms with E-state index in [-0.39, 0.29) is 5.91 Å². The molecule has 1 amide bonds. The smallest absolute Gasteiger partial charge is 0.269 e. The van der Waals surface area contributed by atoms with Crippen molar-refractivity contribution in [2.75, 3.05) is 18.4 Å². The largest absolute Gasteiger partial charge is 0.363 e. The van der Waals surface area contributed by atoms with Gasteiger partial charge < -0.3 is 16.0 Å². The Kier molecular flexibility index (Phi) is 7.41. The molecule has 1 aromatic rings. The molecule has 5 N–H and O–H groups in total. The summed E-state index contributed by atoms with van der Waals surface area (Å²) < 4.78 is 0. The van der Waals surface area contributed by atoms with Crippen molar-refractivity contribution in [3.8, 4) is 0 Å². The molecular weight excluding hydrogens is 306 g/mol.